The Morgan fingerprint density at radius 1 is 1.14 bits per heavy atom. The molecule has 6 heteroatoms. The molecule has 0 atom stereocenters. The Kier molecular flexibility index (Phi) is 5.77. The molecule has 1 amide bonds. The first-order valence-electron chi connectivity index (χ1n) is 6.51. The van der Waals surface area contributed by atoms with Crippen LogP contribution in [0.15, 0.2) is 36.4 Å². The number of carbonyl (C=O) groups is 1. The average Bonchev–Trinajstić information content (AvgIpc) is 2.45. The highest BCUT2D eigenvalue weighted by Crippen LogP contribution is 2.21. The van der Waals surface area contributed by atoms with Crippen molar-refractivity contribution in [2.24, 2.45) is 0 Å². The van der Waals surface area contributed by atoms with E-state index in [1.54, 1.807) is 24.3 Å². The standard InChI is InChI=1S/C16H14ClIN2OS/c1-9-8-14(10(2)7-13(9)18)19-16(22)20-15(21)11-3-5-12(17)6-4-11/h3-8H,1-2H3,(H2,19,20,21,22). The molecule has 0 bridgehead atoms. The first-order valence-corrected chi connectivity index (χ1v) is 8.38. The highest BCUT2D eigenvalue weighted by atomic mass is 127. The Labute approximate surface area is 153 Å². The number of anilines is 1. The summed E-state index contributed by atoms with van der Waals surface area (Å²) in [5, 5.41) is 6.57. The van der Waals surface area contributed by atoms with Crippen molar-refractivity contribution in [3.05, 3.63) is 61.7 Å². The zero-order valence-corrected chi connectivity index (χ0v) is 15.8. The Hall–Kier alpha value is -1.18. The van der Waals surface area contributed by atoms with Crippen LogP contribution in [-0.2, 0) is 0 Å². The minimum Gasteiger partial charge on any atom is -0.332 e. The van der Waals surface area contributed by atoms with E-state index in [2.05, 4.69) is 39.3 Å². The number of benzene rings is 2. The molecule has 0 spiro atoms. The molecule has 0 saturated heterocycles. The van der Waals surface area contributed by atoms with Gasteiger partial charge in [-0.05, 0) is 96.2 Å². The topological polar surface area (TPSA) is 41.1 Å². The molecule has 0 fully saturated rings. The van der Waals surface area contributed by atoms with Crippen LogP contribution in [0.1, 0.15) is 21.5 Å². The lowest BCUT2D eigenvalue weighted by Gasteiger charge is -2.13. The quantitative estimate of drug-likeness (QED) is 0.522. The Bertz CT molecular complexity index is 732. The molecule has 0 saturated carbocycles. The molecule has 2 aromatic carbocycles. The smallest absolute Gasteiger partial charge is 0.257 e. The first kappa shape index (κ1) is 17.2. The van der Waals surface area contributed by atoms with Gasteiger partial charge in [-0.3, -0.25) is 10.1 Å². The molecule has 2 rings (SSSR count). The highest BCUT2D eigenvalue weighted by Gasteiger charge is 2.09. The van der Waals surface area contributed by atoms with Crippen molar-refractivity contribution >= 4 is 63.1 Å². The fourth-order valence-electron chi connectivity index (χ4n) is 1.85. The van der Waals surface area contributed by atoms with Crippen LogP contribution in [0.3, 0.4) is 0 Å². The van der Waals surface area contributed by atoms with E-state index in [9.17, 15) is 4.79 Å². The van der Waals surface area contributed by atoms with Gasteiger partial charge in [0.05, 0.1) is 0 Å². The van der Waals surface area contributed by atoms with E-state index in [-0.39, 0.29) is 11.0 Å². The van der Waals surface area contributed by atoms with Gasteiger partial charge in [0.15, 0.2) is 5.11 Å². The lowest BCUT2D eigenvalue weighted by molar-refractivity contribution is 0.0978. The zero-order chi connectivity index (χ0) is 16.3. The molecule has 0 aromatic heterocycles. The molecular formula is C16H14ClIN2OS. The molecular weight excluding hydrogens is 431 g/mol. The Morgan fingerprint density at radius 2 is 1.77 bits per heavy atom. The van der Waals surface area contributed by atoms with Crippen LogP contribution >= 0.6 is 46.4 Å². The van der Waals surface area contributed by atoms with Gasteiger partial charge in [-0.2, -0.15) is 0 Å². The molecule has 0 aliphatic heterocycles. The van der Waals surface area contributed by atoms with Crippen molar-refractivity contribution in [2.75, 3.05) is 5.32 Å². The minimum absolute atomic E-state index is 0.267. The van der Waals surface area contributed by atoms with Crippen LogP contribution in [0.2, 0.25) is 5.02 Å². The van der Waals surface area contributed by atoms with Gasteiger partial charge in [0.25, 0.3) is 5.91 Å². The van der Waals surface area contributed by atoms with E-state index in [0.717, 1.165) is 16.8 Å². The van der Waals surface area contributed by atoms with Gasteiger partial charge in [0.1, 0.15) is 0 Å². The highest BCUT2D eigenvalue weighted by molar-refractivity contribution is 14.1. The van der Waals surface area contributed by atoms with Crippen molar-refractivity contribution in [3.63, 3.8) is 0 Å². The second-order valence-electron chi connectivity index (χ2n) is 4.83. The molecule has 3 nitrogen and oxygen atoms in total. The van der Waals surface area contributed by atoms with E-state index in [0.29, 0.717) is 10.6 Å². The Morgan fingerprint density at radius 3 is 2.41 bits per heavy atom. The van der Waals surface area contributed by atoms with E-state index < -0.39 is 0 Å². The maximum Gasteiger partial charge on any atom is 0.257 e. The van der Waals surface area contributed by atoms with E-state index in [4.69, 9.17) is 23.8 Å². The number of nitrogens with one attached hydrogen (secondary N) is 2. The number of thiocarbonyl (C=S) groups is 1. The van der Waals surface area contributed by atoms with Gasteiger partial charge < -0.3 is 5.32 Å². The zero-order valence-electron chi connectivity index (χ0n) is 12.0. The third kappa shape index (κ3) is 4.41. The van der Waals surface area contributed by atoms with Gasteiger partial charge in [-0.15, -0.1) is 0 Å². The first-order chi connectivity index (χ1) is 10.4. The van der Waals surface area contributed by atoms with Crippen LogP contribution < -0.4 is 10.6 Å². The van der Waals surface area contributed by atoms with E-state index in [1.165, 1.54) is 3.57 Å². The van der Waals surface area contributed by atoms with E-state index in [1.807, 2.05) is 19.9 Å². The fourth-order valence-corrected chi connectivity index (χ4v) is 2.80. The lowest BCUT2D eigenvalue weighted by Crippen LogP contribution is -2.34. The summed E-state index contributed by atoms with van der Waals surface area (Å²) in [6.07, 6.45) is 0. The summed E-state index contributed by atoms with van der Waals surface area (Å²) in [6.45, 7) is 4.02. The van der Waals surface area contributed by atoms with Crippen molar-refractivity contribution < 1.29 is 4.79 Å². The van der Waals surface area contributed by atoms with Crippen molar-refractivity contribution in [1.29, 1.82) is 0 Å². The Balaban J connectivity index is 2.05. The molecule has 0 aliphatic rings. The third-order valence-corrected chi connectivity index (χ3v) is 4.71. The second-order valence-corrected chi connectivity index (χ2v) is 6.84. The molecule has 114 valence electrons. The van der Waals surface area contributed by atoms with Crippen molar-refractivity contribution in [3.8, 4) is 0 Å². The monoisotopic (exact) mass is 444 g/mol. The number of aryl methyl sites for hydroxylation is 2. The van der Waals surface area contributed by atoms with Gasteiger partial charge in [0, 0.05) is 19.8 Å². The summed E-state index contributed by atoms with van der Waals surface area (Å²) < 4.78 is 1.19. The van der Waals surface area contributed by atoms with Crippen LogP contribution in [0.4, 0.5) is 5.69 Å². The van der Waals surface area contributed by atoms with Gasteiger partial charge in [-0.1, -0.05) is 11.6 Å². The van der Waals surface area contributed by atoms with Crippen molar-refractivity contribution in [1.82, 2.24) is 5.32 Å². The molecule has 2 aromatic rings. The largest absolute Gasteiger partial charge is 0.332 e. The van der Waals surface area contributed by atoms with Crippen LogP contribution in [0.25, 0.3) is 0 Å². The van der Waals surface area contributed by atoms with Crippen molar-refractivity contribution in [2.45, 2.75) is 13.8 Å². The van der Waals surface area contributed by atoms with Crippen LogP contribution in [0.5, 0.6) is 0 Å². The molecule has 2 N–H and O–H groups in total. The maximum atomic E-state index is 12.1. The fraction of sp³-hybridized carbons (Fsp3) is 0.125. The number of halogens is 2. The average molecular weight is 445 g/mol. The van der Waals surface area contributed by atoms with Gasteiger partial charge in [-0.25, -0.2) is 0 Å². The predicted molar refractivity (Wildman–Crippen MR) is 104 cm³/mol. The predicted octanol–water partition coefficient (Wildman–Crippen LogP) is 4.69. The summed E-state index contributed by atoms with van der Waals surface area (Å²) in [5.41, 5.74) is 3.61. The number of amides is 1. The summed E-state index contributed by atoms with van der Waals surface area (Å²) in [6, 6.07) is 10.7. The number of rotatable bonds is 2. The summed E-state index contributed by atoms with van der Waals surface area (Å²) in [4.78, 5) is 12.1. The summed E-state index contributed by atoms with van der Waals surface area (Å²) >= 11 is 13.3. The van der Waals surface area contributed by atoms with Crippen LogP contribution in [0, 0.1) is 17.4 Å². The van der Waals surface area contributed by atoms with Crippen LogP contribution in [-0.4, -0.2) is 11.0 Å². The molecule has 0 unspecified atom stereocenters. The maximum absolute atomic E-state index is 12.1. The summed E-state index contributed by atoms with van der Waals surface area (Å²) in [5.74, 6) is -0.269. The second kappa shape index (κ2) is 7.39. The minimum atomic E-state index is -0.269. The third-order valence-electron chi connectivity index (χ3n) is 3.09. The number of carbonyl (C=O) groups excluding carboxylic acids is 1. The SMILES string of the molecule is Cc1cc(NC(=S)NC(=O)c2ccc(Cl)cc2)c(C)cc1I. The molecule has 0 heterocycles. The molecule has 0 radical (unpaired) electrons. The number of hydrogen-bond acceptors (Lipinski definition) is 2. The summed E-state index contributed by atoms with van der Waals surface area (Å²) in [7, 11) is 0. The van der Waals surface area contributed by atoms with E-state index >= 15 is 0 Å². The normalized spacial score (nSPS) is 10.2. The lowest BCUT2D eigenvalue weighted by atomic mass is 10.1. The van der Waals surface area contributed by atoms with Gasteiger partial charge >= 0.3 is 0 Å². The number of hydrogen-bond donors (Lipinski definition) is 2. The molecule has 22 heavy (non-hydrogen) atoms. The van der Waals surface area contributed by atoms with Gasteiger partial charge in [0.2, 0.25) is 0 Å². The molecule has 0 aliphatic carbocycles.